The first-order chi connectivity index (χ1) is 42.8. The Morgan fingerprint density at radius 1 is 0.326 bits per heavy atom. The quantitative estimate of drug-likeness (QED) is 0.0222. The minimum absolute atomic E-state index is 0.104. The number of phosphoric acid groups is 2. The molecule has 19 heteroatoms. The number of phosphoric ester groups is 2. The largest absolute Gasteiger partial charge is 0.472 e. The summed E-state index contributed by atoms with van der Waals surface area (Å²) in [7, 11) is -9.90. The number of unbranched alkanes of at least 4 members (excludes halogenated alkanes) is 35. The molecule has 0 amide bonds. The van der Waals surface area contributed by atoms with Gasteiger partial charge in [-0.25, -0.2) is 9.13 Å². The van der Waals surface area contributed by atoms with Gasteiger partial charge in [-0.2, -0.15) is 0 Å². The van der Waals surface area contributed by atoms with E-state index in [0.717, 1.165) is 114 Å². The number of rotatable bonds is 68. The third-order valence-electron chi connectivity index (χ3n) is 16.5. The van der Waals surface area contributed by atoms with E-state index < -0.39 is 97.5 Å². The molecule has 528 valence electrons. The first-order valence-corrected chi connectivity index (χ1v) is 39.4. The lowest BCUT2D eigenvalue weighted by Crippen LogP contribution is -2.30. The smallest absolute Gasteiger partial charge is 0.462 e. The molecule has 0 aliphatic rings. The highest BCUT2D eigenvalue weighted by Gasteiger charge is 2.30. The number of ether oxygens (including phenoxy) is 4. The Hall–Kier alpha value is -1.94. The molecule has 0 saturated carbocycles. The lowest BCUT2D eigenvalue weighted by molar-refractivity contribution is -0.161. The van der Waals surface area contributed by atoms with E-state index in [9.17, 15) is 43.2 Å². The van der Waals surface area contributed by atoms with E-state index in [1.54, 1.807) is 0 Å². The van der Waals surface area contributed by atoms with Crippen LogP contribution in [0.25, 0.3) is 0 Å². The Balaban J connectivity index is 5.26. The van der Waals surface area contributed by atoms with Gasteiger partial charge in [0.2, 0.25) is 0 Å². The van der Waals surface area contributed by atoms with Gasteiger partial charge in [0.15, 0.2) is 12.2 Å². The molecule has 0 rings (SSSR count). The molecule has 6 atom stereocenters. The summed E-state index contributed by atoms with van der Waals surface area (Å²) in [6.45, 7) is 11.8. The van der Waals surface area contributed by atoms with Gasteiger partial charge in [-0.05, 0) is 43.4 Å². The number of aliphatic hydroxyl groups excluding tert-OH is 1. The molecule has 0 aliphatic carbocycles. The first kappa shape index (κ1) is 87.1. The van der Waals surface area contributed by atoms with Crippen molar-refractivity contribution in [2.24, 2.45) is 17.8 Å². The van der Waals surface area contributed by atoms with Crippen LogP contribution in [0.1, 0.15) is 350 Å². The summed E-state index contributed by atoms with van der Waals surface area (Å²) in [5, 5.41) is 10.6. The second-order valence-corrected chi connectivity index (χ2v) is 29.4. The molecule has 0 heterocycles. The van der Waals surface area contributed by atoms with Crippen LogP contribution in [0.3, 0.4) is 0 Å². The van der Waals surface area contributed by atoms with Crippen molar-refractivity contribution in [2.75, 3.05) is 39.6 Å². The Morgan fingerprint density at radius 2 is 0.573 bits per heavy atom. The Morgan fingerprint density at radius 3 is 0.854 bits per heavy atom. The van der Waals surface area contributed by atoms with Crippen molar-refractivity contribution in [3.05, 3.63) is 0 Å². The number of carbonyl (C=O) groups is 4. The fourth-order valence-electron chi connectivity index (χ4n) is 10.5. The molecule has 0 aromatic rings. The van der Waals surface area contributed by atoms with Crippen molar-refractivity contribution in [3.8, 4) is 0 Å². The fourth-order valence-corrected chi connectivity index (χ4v) is 12.1. The van der Waals surface area contributed by atoms with Crippen molar-refractivity contribution in [3.63, 3.8) is 0 Å². The van der Waals surface area contributed by atoms with Crippen molar-refractivity contribution in [2.45, 2.75) is 369 Å². The third kappa shape index (κ3) is 63.2. The second-order valence-electron chi connectivity index (χ2n) is 26.5. The molecule has 89 heavy (non-hydrogen) atoms. The molecule has 0 radical (unpaired) electrons. The minimum atomic E-state index is -4.95. The minimum Gasteiger partial charge on any atom is -0.462 e. The molecule has 0 spiro atoms. The highest BCUT2D eigenvalue weighted by molar-refractivity contribution is 7.47. The molecule has 0 saturated heterocycles. The molecule has 0 aromatic carbocycles. The van der Waals surface area contributed by atoms with E-state index in [-0.39, 0.29) is 25.7 Å². The Kier molecular flexibility index (Phi) is 59.6. The van der Waals surface area contributed by atoms with Gasteiger partial charge in [-0.15, -0.1) is 0 Å². The van der Waals surface area contributed by atoms with Crippen LogP contribution in [0.5, 0.6) is 0 Å². The fraction of sp³-hybridized carbons (Fsp3) is 0.943. The van der Waals surface area contributed by atoms with Gasteiger partial charge in [0, 0.05) is 25.7 Å². The van der Waals surface area contributed by atoms with Crippen LogP contribution >= 0.6 is 15.6 Å². The van der Waals surface area contributed by atoms with Gasteiger partial charge >= 0.3 is 39.5 Å². The van der Waals surface area contributed by atoms with E-state index in [4.69, 9.17) is 37.0 Å². The lowest BCUT2D eigenvalue weighted by atomic mass is 10.00. The average Bonchev–Trinajstić information content (AvgIpc) is 3.71. The number of hydrogen-bond donors (Lipinski definition) is 3. The second kappa shape index (κ2) is 61.0. The van der Waals surface area contributed by atoms with Crippen molar-refractivity contribution < 1.29 is 80.2 Å². The molecule has 0 bridgehead atoms. The Labute approximate surface area is 543 Å². The summed E-state index contributed by atoms with van der Waals surface area (Å²) < 4.78 is 68.3. The van der Waals surface area contributed by atoms with Crippen LogP contribution in [0, 0.1) is 17.8 Å². The number of hydrogen-bond acceptors (Lipinski definition) is 15. The van der Waals surface area contributed by atoms with Crippen molar-refractivity contribution in [1.29, 1.82) is 0 Å². The maximum Gasteiger partial charge on any atom is 0.472 e. The number of aliphatic hydroxyl groups is 1. The zero-order chi connectivity index (χ0) is 65.9. The summed E-state index contributed by atoms with van der Waals surface area (Å²) in [6.07, 6.45) is 44.4. The predicted molar refractivity (Wildman–Crippen MR) is 358 cm³/mol. The normalized spacial score (nSPS) is 14.5. The van der Waals surface area contributed by atoms with E-state index in [0.29, 0.717) is 25.7 Å². The van der Waals surface area contributed by atoms with Gasteiger partial charge in [0.25, 0.3) is 0 Å². The summed E-state index contributed by atoms with van der Waals surface area (Å²) in [6, 6.07) is 0. The summed E-state index contributed by atoms with van der Waals surface area (Å²) in [4.78, 5) is 72.5. The molecule has 3 N–H and O–H groups in total. The predicted octanol–water partition coefficient (Wildman–Crippen LogP) is 19.8. The van der Waals surface area contributed by atoms with Gasteiger partial charge < -0.3 is 33.8 Å². The van der Waals surface area contributed by atoms with Crippen molar-refractivity contribution in [1.82, 2.24) is 0 Å². The number of esters is 4. The number of carbonyl (C=O) groups excluding carboxylic acids is 4. The summed E-state index contributed by atoms with van der Waals surface area (Å²) in [5.41, 5.74) is 0. The van der Waals surface area contributed by atoms with E-state index in [1.807, 2.05) is 0 Å². The molecule has 0 aromatic heterocycles. The highest BCUT2D eigenvalue weighted by Crippen LogP contribution is 2.45. The van der Waals surface area contributed by atoms with Crippen LogP contribution in [-0.2, 0) is 65.4 Å². The van der Waals surface area contributed by atoms with Gasteiger partial charge in [0.05, 0.1) is 26.4 Å². The monoisotopic (exact) mass is 1310 g/mol. The molecule has 0 fully saturated rings. The summed E-state index contributed by atoms with van der Waals surface area (Å²) in [5.74, 6) is 0.0993. The summed E-state index contributed by atoms with van der Waals surface area (Å²) >= 11 is 0. The first-order valence-electron chi connectivity index (χ1n) is 36.4. The zero-order valence-electron chi connectivity index (χ0n) is 57.9. The van der Waals surface area contributed by atoms with Crippen LogP contribution < -0.4 is 0 Å². The van der Waals surface area contributed by atoms with Crippen LogP contribution in [0.15, 0.2) is 0 Å². The van der Waals surface area contributed by atoms with Gasteiger partial charge in [-0.1, -0.05) is 299 Å². The van der Waals surface area contributed by atoms with Gasteiger partial charge in [0.1, 0.15) is 19.3 Å². The van der Waals surface area contributed by atoms with E-state index >= 15 is 0 Å². The van der Waals surface area contributed by atoms with Crippen LogP contribution in [0.2, 0.25) is 0 Å². The van der Waals surface area contributed by atoms with E-state index in [2.05, 4.69) is 48.5 Å². The molecular weight excluding hydrogens is 1170 g/mol. The maximum absolute atomic E-state index is 13.0. The molecule has 3 unspecified atom stereocenters. The highest BCUT2D eigenvalue weighted by atomic mass is 31.2. The van der Waals surface area contributed by atoms with Gasteiger partial charge in [-0.3, -0.25) is 37.3 Å². The zero-order valence-corrected chi connectivity index (χ0v) is 59.7. The Bertz CT molecular complexity index is 1750. The topological polar surface area (TPSA) is 237 Å². The van der Waals surface area contributed by atoms with Crippen LogP contribution in [-0.4, -0.2) is 96.7 Å². The van der Waals surface area contributed by atoms with Crippen molar-refractivity contribution >= 4 is 39.5 Å². The van der Waals surface area contributed by atoms with E-state index in [1.165, 1.54) is 154 Å². The SMILES string of the molecule is CCCCCCCCCCCCCCCCC(=O)O[C@H](COC(=O)CCCCCCCCCCCCC(C)C)COP(=O)(O)OC[C@@H](O)COP(=O)(O)OC[C@@H](COC(=O)CCCCCCCCC(C)CC)OC(=O)CCCCCCCCCCCC(C)C. The molecule has 0 aliphatic heterocycles. The maximum atomic E-state index is 13.0. The molecule has 17 nitrogen and oxygen atoms in total. The van der Waals surface area contributed by atoms with Crippen LogP contribution in [0.4, 0.5) is 0 Å². The average molecular weight is 1310 g/mol. The molecular formula is C70H136O17P2. The third-order valence-corrected chi connectivity index (χ3v) is 18.4. The standard InChI is InChI=1S/C70H136O17P2/c1-8-10-11-12-13-14-15-16-17-18-25-30-39-46-53-69(74)86-65(57-80-67(72)51-44-37-29-24-20-19-22-27-34-41-48-61(3)4)59-84-88(76,77)82-55-64(71)56-83-89(78,79)85-60-66(58-81-68(73)52-45-38-33-32-36-43-50-63(7)9-2)87-70(75)54-47-40-31-26-21-23-28-35-42-49-62(5)6/h61-66,71H,8-60H2,1-7H3,(H,76,77)(H,78,79)/t63?,64-,65-,66-/m1/s1. The lowest BCUT2D eigenvalue weighted by Gasteiger charge is -2.21.